The zero-order valence-corrected chi connectivity index (χ0v) is 14.1. The molecule has 0 radical (unpaired) electrons. The average Bonchev–Trinajstić information content (AvgIpc) is 3.07. The van der Waals surface area contributed by atoms with Gasteiger partial charge in [0.05, 0.1) is 5.56 Å². The third kappa shape index (κ3) is 2.87. The highest BCUT2D eigenvalue weighted by molar-refractivity contribution is 6.31. The van der Waals surface area contributed by atoms with Crippen molar-refractivity contribution in [3.63, 3.8) is 0 Å². The van der Waals surface area contributed by atoms with E-state index in [0.29, 0.717) is 18.1 Å². The molecule has 6 heteroatoms. The van der Waals surface area contributed by atoms with Crippen molar-refractivity contribution in [1.29, 1.82) is 0 Å². The number of carbonyl (C=O) groups excluding carboxylic acids is 1. The molecule has 0 saturated carbocycles. The van der Waals surface area contributed by atoms with Crippen LogP contribution in [0.15, 0.2) is 48.8 Å². The standard InChI is InChI=1S/C19H16ClN3O2/c20-13-3-4-17(24)15(10-13)19(25)23-8-5-12(6-9-23)16-11-22-18-14(16)2-1-7-21-18/h1-5,7,10-11,24H,6,8-9H2,(H,21,22). The van der Waals surface area contributed by atoms with Crippen LogP contribution in [0, 0.1) is 0 Å². The Bertz CT molecular complexity index is 993. The highest BCUT2D eigenvalue weighted by atomic mass is 35.5. The van der Waals surface area contributed by atoms with Crippen LogP contribution < -0.4 is 0 Å². The Morgan fingerprint density at radius 3 is 3.00 bits per heavy atom. The summed E-state index contributed by atoms with van der Waals surface area (Å²) in [5.74, 6) is -0.261. The van der Waals surface area contributed by atoms with Crippen molar-refractivity contribution < 1.29 is 9.90 Å². The summed E-state index contributed by atoms with van der Waals surface area (Å²) in [4.78, 5) is 21.8. The minimum atomic E-state index is -0.212. The van der Waals surface area contributed by atoms with Crippen molar-refractivity contribution in [2.45, 2.75) is 6.42 Å². The van der Waals surface area contributed by atoms with E-state index in [1.54, 1.807) is 17.2 Å². The number of aromatic amines is 1. The molecule has 0 unspecified atom stereocenters. The van der Waals surface area contributed by atoms with Gasteiger partial charge in [0.1, 0.15) is 11.4 Å². The molecule has 1 aromatic carbocycles. The van der Waals surface area contributed by atoms with E-state index in [0.717, 1.165) is 23.0 Å². The third-order valence-corrected chi connectivity index (χ3v) is 4.72. The maximum absolute atomic E-state index is 12.6. The fourth-order valence-corrected chi connectivity index (χ4v) is 3.34. The van der Waals surface area contributed by atoms with Crippen molar-refractivity contribution in [2.75, 3.05) is 13.1 Å². The lowest BCUT2D eigenvalue weighted by atomic mass is 9.99. The molecule has 4 rings (SSSR count). The van der Waals surface area contributed by atoms with Gasteiger partial charge in [0.15, 0.2) is 0 Å². The fourth-order valence-electron chi connectivity index (χ4n) is 3.17. The zero-order valence-electron chi connectivity index (χ0n) is 13.4. The fraction of sp³-hybridized carbons (Fsp3) is 0.158. The number of rotatable bonds is 2. The summed E-state index contributed by atoms with van der Waals surface area (Å²) < 4.78 is 0. The number of H-pyrrole nitrogens is 1. The second-order valence-electron chi connectivity index (χ2n) is 5.99. The molecule has 0 atom stereocenters. The summed E-state index contributed by atoms with van der Waals surface area (Å²) >= 11 is 5.94. The first-order chi connectivity index (χ1) is 12.1. The highest BCUT2D eigenvalue weighted by Gasteiger charge is 2.22. The van der Waals surface area contributed by atoms with Gasteiger partial charge >= 0.3 is 0 Å². The van der Waals surface area contributed by atoms with Crippen molar-refractivity contribution in [3.8, 4) is 5.75 Å². The minimum absolute atomic E-state index is 0.0492. The number of halogens is 1. The number of pyridine rings is 1. The van der Waals surface area contributed by atoms with Crippen LogP contribution in [0.1, 0.15) is 22.3 Å². The van der Waals surface area contributed by atoms with Gasteiger partial charge in [-0.1, -0.05) is 17.7 Å². The Hall–Kier alpha value is -2.79. The zero-order chi connectivity index (χ0) is 17.4. The third-order valence-electron chi connectivity index (χ3n) is 4.48. The monoisotopic (exact) mass is 353 g/mol. The first-order valence-electron chi connectivity index (χ1n) is 8.03. The summed E-state index contributed by atoms with van der Waals surface area (Å²) in [5, 5.41) is 11.4. The van der Waals surface area contributed by atoms with Gasteiger partial charge in [-0.15, -0.1) is 0 Å². The summed E-state index contributed by atoms with van der Waals surface area (Å²) in [6.07, 6.45) is 6.52. The number of carbonyl (C=O) groups is 1. The molecule has 1 amide bonds. The molecule has 126 valence electrons. The Morgan fingerprint density at radius 2 is 2.20 bits per heavy atom. The Labute approximate surface area is 149 Å². The number of nitrogens with one attached hydrogen (secondary N) is 1. The summed E-state index contributed by atoms with van der Waals surface area (Å²) in [6.45, 7) is 1.08. The van der Waals surface area contributed by atoms with Crippen LogP contribution in [-0.4, -0.2) is 39.0 Å². The molecule has 0 fully saturated rings. The van der Waals surface area contributed by atoms with Gasteiger partial charge in [0, 0.05) is 41.5 Å². The maximum atomic E-state index is 12.6. The lowest BCUT2D eigenvalue weighted by Gasteiger charge is -2.27. The molecule has 1 aliphatic rings. The van der Waals surface area contributed by atoms with Crippen molar-refractivity contribution in [3.05, 3.63) is 65.0 Å². The number of hydrogen-bond acceptors (Lipinski definition) is 3. The van der Waals surface area contributed by atoms with Crippen LogP contribution in [0.2, 0.25) is 5.02 Å². The number of amides is 1. The normalized spacial score (nSPS) is 14.6. The molecule has 3 heterocycles. The molecule has 0 aliphatic carbocycles. The van der Waals surface area contributed by atoms with Gasteiger partial charge in [-0.05, 0) is 42.3 Å². The number of aromatic hydroxyl groups is 1. The number of hydrogen-bond donors (Lipinski definition) is 2. The molecule has 2 N–H and O–H groups in total. The molecule has 0 bridgehead atoms. The first kappa shape index (κ1) is 15.7. The van der Waals surface area contributed by atoms with Gasteiger partial charge in [-0.25, -0.2) is 4.98 Å². The number of nitrogens with zero attached hydrogens (tertiary/aromatic N) is 2. The number of phenolic OH excluding ortho intramolecular Hbond substituents is 1. The van der Waals surface area contributed by atoms with E-state index in [4.69, 9.17) is 11.6 Å². The maximum Gasteiger partial charge on any atom is 0.257 e. The molecular formula is C19H16ClN3O2. The lowest BCUT2D eigenvalue weighted by Crippen LogP contribution is -2.34. The molecule has 1 aliphatic heterocycles. The quantitative estimate of drug-likeness (QED) is 0.735. The number of aromatic nitrogens is 2. The van der Waals surface area contributed by atoms with Gasteiger partial charge in [0.2, 0.25) is 0 Å². The van der Waals surface area contributed by atoms with Gasteiger partial charge < -0.3 is 15.0 Å². The van der Waals surface area contributed by atoms with Crippen molar-refractivity contribution in [2.24, 2.45) is 0 Å². The van der Waals surface area contributed by atoms with Gasteiger partial charge in [-0.2, -0.15) is 0 Å². The van der Waals surface area contributed by atoms with E-state index >= 15 is 0 Å². The lowest BCUT2D eigenvalue weighted by molar-refractivity contribution is 0.0770. The van der Waals surface area contributed by atoms with Crippen LogP contribution in [0.5, 0.6) is 5.75 Å². The van der Waals surface area contributed by atoms with Crippen LogP contribution >= 0.6 is 11.6 Å². The van der Waals surface area contributed by atoms with E-state index in [2.05, 4.69) is 16.0 Å². The molecule has 3 aromatic rings. The largest absolute Gasteiger partial charge is 0.507 e. The van der Waals surface area contributed by atoms with E-state index in [9.17, 15) is 9.90 Å². The first-order valence-corrected chi connectivity index (χ1v) is 8.40. The summed E-state index contributed by atoms with van der Waals surface area (Å²) in [7, 11) is 0. The number of fused-ring (bicyclic) bond motifs is 1. The Kier molecular flexibility index (Phi) is 3.93. The predicted octanol–water partition coefficient (Wildman–Crippen LogP) is 3.85. The average molecular weight is 354 g/mol. The summed E-state index contributed by atoms with van der Waals surface area (Å²) in [6, 6.07) is 8.47. The van der Waals surface area contributed by atoms with E-state index in [1.165, 1.54) is 17.7 Å². The van der Waals surface area contributed by atoms with Crippen molar-refractivity contribution in [1.82, 2.24) is 14.9 Å². The molecule has 2 aromatic heterocycles. The summed E-state index contributed by atoms with van der Waals surface area (Å²) in [5.41, 5.74) is 3.42. The molecular weight excluding hydrogens is 338 g/mol. The SMILES string of the molecule is O=C(c1cc(Cl)ccc1O)N1CC=C(c2c[nH]c3ncccc23)CC1. The van der Waals surface area contributed by atoms with E-state index in [-0.39, 0.29) is 17.2 Å². The predicted molar refractivity (Wildman–Crippen MR) is 97.7 cm³/mol. The number of benzene rings is 1. The highest BCUT2D eigenvalue weighted by Crippen LogP contribution is 2.30. The van der Waals surface area contributed by atoms with Crippen LogP contribution in [0.25, 0.3) is 16.6 Å². The van der Waals surface area contributed by atoms with Crippen molar-refractivity contribution >= 4 is 34.1 Å². The number of phenols is 1. The molecule has 0 spiro atoms. The van der Waals surface area contributed by atoms with E-state index in [1.807, 2.05) is 18.3 Å². The van der Waals surface area contributed by atoms with Gasteiger partial charge in [-0.3, -0.25) is 4.79 Å². The van der Waals surface area contributed by atoms with Crippen LogP contribution in [0.4, 0.5) is 0 Å². The molecule has 5 nitrogen and oxygen atoms in total. The second kappa shape index (κ2) is 6.26. The Balaban J connectivity index is 1.58. The van der Waals surface area contributed by atoms with E-state index < -0.39 is 0 Å². The topological polar surface area (TPSA) is 69.2 Å². The molecule has 25 heavy (non-hydrogen) atoms. The smallest absolute Gasteiger partial charge is 0.257 e. The Morgan fingerprint density at radius 1 is 1.32 bits per heavy atom. The minimum Gasteiger partial charge on any atom is -0.507 e. The molecule has 0 saturated heterocycles. The van der Waals surface area contributed by atoms with Crippen LogP contribution in [-0.2, 0) is 0 Å². The van der Waals surface area contributed by atoms with Gasteiger partial charge in [0.25, 0.3) is 5.91 Å². The van der Waals surface area contributed by atoms with Crippen LogP contribution in [0.3, 0.4) is 0 Å². The second-order valence-corrected chi connectivity index (χ2v) is 6.43.